The van der Waals surface area contributed by atoms with Crippen molar-refractivity contribution in [3.05, 3.63) is 65.0 Å². The van der Waals surface area contributed by atoms with Gasteiger partial charge in [-0.2, -0.15) is 0 Å². The van der Waals surface area contributed by atoms with Crippen molar-refractivity contribution in [2.75, 3.05) is 13.7 Å². The van der Waals surface area contributed by atoms with Gasteiger partial charge in [0.2, 0.25) is 0 Å². The lowest BCUT2D eigenvalue weighted by molar-refractivity contribution is 0.172. The van der Waals surface area contributed by atoms with Crippen LogP contribution in [0.5, 0.6) is 5.75 Å². The second kappa shape index (κ2) is 8.48. The molecule has 0 aromatic heterocycles. The summed E-state index contributed by atoms with van der Waals surface area (Å²) in [6.45, 7) is 3.84. The molecule has 2 unspecified atom stereocenters. The van der Waals surface area contributed by atoms with Crippen LogP contribution >= 0.6 is 0 Å². The Morgan fingerprint density at radius 1 is 1.24 bits per heavy atom. The number of hydrogen-bond acceptors (Lipinski definition) is 3. The van der Waals surface area contributed by atoms with E-state index in [-0.39, 0.29) is 18.4 Å². The number of halogens is 1. The number of urea groups is 1. The normalized spacial score (nSPS) is 13.0. The number of ether oxygens (including phenoxy) is 1. The number of aliphatic hydroxyl groups is 1. The monoisotopic (exact) mass is 346 g/mol. The lowest BCUT2D eigenvalue weighted by Crippen LogP contribution is -2.39. The molecule has 0 fully saturated rings. The van der Waals surface area contributed by atoms with Gasteiger partial charge in [0, 0.05) is 12.1 Å². The summed E-state index contributed by atoms with van der Waals surface area (Å²) in [5.41, 5.74) is 2.48. The summed E-state index contributed by atoms with van der Waals surface area (Å²) in [5.74, 6) is 0.326. The van der Waals surface area contributed by atoms with Gasteiger partial charge in [-0.25, -0.2) is 9.18 Å². The highest BCUT2D eigenvalue weighted by Crippen LogP contribution is 2.25. The molecule has 134 valence electrons. The van der Waals surface area contributed by atoms with Crippen LogP contribution in [0.4, 0.5) is 9.18 Å². The Kier molecular flexibility index (Phi) is 6.36. The van der Waals surface area contributed by atoms with Gasteiger partial charge >= 0.3 is 6.03 Å². The maximum atomic E-state index is 12.9. The maximum Gasteiger partial charge on any atom is 0.315 e. The topological polar surface area (TPSA) is 70.6 Å². The molecule has 25 heavy (non-hydrogen) atoms. The number of carbonyl (C=O) groups is 1. The molecule has 0 heterocycles. The fourth-order valence-corrected chi connectivity index (χ4v) is 2.51. The van der Waals surface area contributed by atoms with Crippen LogP contribution < -0.4 is 15.4 Å². The zero-order valence-electron chi connectivity index (χ0n) is 14.5. The average molecular weight is 346 g/mol. The van der Waals surface area contributed by atoms with Crippen molar-refractivity contribution in [2.45, 2.75) is 26.0 Å². The summed E-state index contributed by atoms with van der Waals surface area (Å²) in [6, 6.07) is 10.6. The molecule has 2 atom stereocenters. The van der Waals surface area contributed by atoms with Gasteiger partial charge in [-0.3, -0.25) is 0 Å². The Balaban J connectivity index is 1.91. The molecule has 0 saturated carbocycles. The van der Waals surface area contributed by atoms with Gasteiger partial charge in [0.1, 0.15) is 11.6 Å². The third kappa shape index (κ3) is 5.19. The number of carbonyl (C=O) groups excluding carboxylic acids is 1. The number of aryl methyl sites for hydroxylation is 1. The van der Waals surface area contributed by atoms with Crippen molar-refractivity contribution in [1.29, 1.82) is 0 Å². The minimum Gasteiger partial charge on any atom is -0.496 e. The molecule has 5 nitrogen and oxygen atoms in total. The van der Waals surface area contributed by atoms with Gasteiger partial charge in [-0.05, 0) is 37.6 Å². The standard InChI is InChI=1S/C19H23FN2O3/c1-12-4-9-18(25-3)16(10-12)13(2)22-19(24)21-11-17(23)14-5-7-15(20)8-6-14/h4-10,13,17,23H,11H2,1-3H3,(H2,21,22,24). The highest BCUT2D eigenvalue weighted by molar-refractivity contribution is 5.74. The summed E-state index contributed by atoms with van der Waals surface area (Å²) in [5, 5.41) is 15.5. The van der Waals surface area contributed by atoms with Crippen molar-refractivity contribution in [3.63, 3.8) is 0 Å². The fraction of sp³-hybridized carbons (Fsp3) is 0.316. The van der Waals surface area contributed by atoms with Crippen LogP contribution in [-0.4, -0.2) is 24.8 Å². The summed E-state index contributed by atoms with van der Waals surface area (Å²) < 4.78 is 18.2. The molecule has 0 spiro atoms. The zero-order valence-corrected chi connectivity index (χ0v) is 14.5. The maximum absolute atomic E-state index is 12.9. The van der Waals surface area contributed by atoms with Crippen molar-refractivity contribution in [3.8, 4) is 5.75 Å². The van der Waals surface area contributed by atoms with Gasteiger partial charge < -0.3 is 20.5 Å². The van der Waals surface area contributed by atoms with E-state index in [2.05, 4.69) is 10.6 Å². The first-order valence-corrected chi connectivity index (χ1v) is 8.03. The van der Waals surface area contributed by atoms with E-state index in [1.54, 1.807) is 7.11 Å². The number of hydrogen-bond donors (Lipinski definition) is 3. The number of aliphatic hydroxyl groups excluding tert-OH is 1. The quantitative estimate of drug-likeness (QED) is 0.752. The molecule has 2 aromatic carbocycles. The first kappa shape index (κ1) is 18.7. The van der Waals surface area contributed by atoms with Crippen LogP contribution in [0.3, 0.4) is 0 Å². The first-order valence-electron chi connectivity index (χ1n) is 8.03. The minimum absolute atomic E-state index is 0.0230. The molecule has 0 aliphatic rings. The molecule has 0 bridgehead atoms. The summed E-state index contributed by atoms with van der Waals surface area (Å²) in [6.07, 6.45) is -0.907. The van der Waals surface area contributed by atoms with E-state index in [0.717, 1.165) is 11.1 Å². The minimum atomic E-state index is -0.907. The van der Waals surface area contributed by atoms with Crippen molar-refractivity contribution >= 4 is 6.03 Å². The van der Waals surface area contributed by atoms with Gasteiger partial charge in [0.05, 0.1) is 19.3 Å². The Morgan fingerprint density at radius 3 is 2.56 bits per heavy atom. The van der Waals surface area contributed by atoms with E-state index in [9.17, 15) is 14.3 Å². The number of rotatable bonds is 6. The Bertz CT molecular complexity index is 719. The molecule has 0 saturated heterocycles. The molecular formula is C19H23FN2O3. The summed E-state index contributed by atoms with van der Waals surface area (Å²) in [7, 11) is 1.58. The number of amides is 2. The number of methoxy groups -OCH3 is 1. The Hall–Kier alpha value is -2.60. The number of nitrogens with one attached hydrogen (secondary N) is 2. The van der Waals surface area contributed by atoms with Gasteiger partial charge in [0.25, 0.3) is 0 Å². The van der Waals surface area contributed by atoms with Gasteiger partial charge in [0.15, 0.2) is 0 Å². The highest BCUT2D eigenvalue weighted by Gasteiger charge is 2.15. The molecular weight excluding hydrogens is 323 g/mol. The Labute approximate surface area is 146 Å². The largest absolute Gasteiger partial charge is 0.496 e. The SMILES string of the molecule is COc1ccc(C)cc1C(C)NC(=O)NCC(O)c1ccc(F)cc1. The van der Waals surface area contributed by atoms with E-state index in [1.165, 1.54) is 24.3 Å². The smallest absolute Gasteiger partial charge is 0.315 e. The summed E-state index contributed by atoms with van der Waals surface area (Å²) in [4.78, 5) is 12.1. The van der Waals surface area contributed by atoms with E-state index in [1.807, 2.05) is 32.0 Å². The van der Waals surface area contributed by atoms with E-state index < -0.39 is 12.1 Å². The van der Waals surface area contributed by atoms with E-state index in [0.29, 0.717) is 11.3 Å². The van der Waals surface area contributed by atoms with E-state index in [4.69, 9.17) is 4.74 Å². The lowest BCUT2D eigenvalue weighted by atomic mass is 10.0. The van der Waals surface area contributed by atoms with Crippen molar-refractivity contribution in [2.24, 2.45) is 0 Å². The van der Waals surface area contributed by atoms with Gasteiger partial charge in [-0.15, -0.1) is 0 Å². The lowest BCUT2D eigenvalue weighted by Gasteiger charge is -2.19. The zero-order chi connectivity index (χ0) is 18.4. The van der Waals surface area contributed by atoms with Crippen LogP contribution in [0.25, 0.3) is 0 Å². The molecule has 3 N–H and O–H groups in total. The fourth-order valence-electron chi connectivity index (χ4n) is 2.51. The van der Waals surface area contributed by atoms with Crippen LogP contribution in [0.2, 0.25) is 0 Å². The van der Waals surface area contributed by atoms with E-state index >= 15 is 0 Å². The number of benzene rings is 2. The molecule has 0 aliphatic heterocycles. The predicted octanol–water partition coefficient (Wildman–Crippen LogP) is 3.24. The van der Waals surface area contributed by atoms with Crippen LogP contribution in [0.1, 0.15) is 35.8 Å². The molecule has 6 heteroatoms. The average Bonchev–Trinajstić information content (AvgIpc) is 2.60. The van der Waals surface area contributed by atoms with Crippen molar-refractivity contribution < 1.29 is 19.0 Å². The second-order valence-electron chi connectivity index (χ2n) is 5.89. The molecule has 2 aromatic rings. The van der Waals surface area contributed by atoms with Crippen molar-refractivity contribution in [1.82, 2.24) is 10.6 Å². The Morgan fingerprint density at radius 2 is 1.92 bits per heavy atom. The molecule has 0 radical (unpaired) electrons. The summed E-state index contributed by atoms with van der Waals surface area (Å²) >= 11 is 0. The van der Waals surface area contributed by atoms with Crippen LogP contribution in [-0.2, 0) is 0 Å². The first-order chi connectivity index (χ1) is 11.9. The van der Waals surface area contributed by atoms with Crippen LogP contribution in [0, 0.1) is 12.7 Å². The van der Waals surface area contributed by atoms with Gasteiger partial charge in [-0.1, -0.05) is 29.8 Å². The molecule has 2 rings (SSSR count). The third-order valence-corrected chi connectivity index (χ3v) is 3.91. The second-order valence-corrected chi connectivity index (χ2v) is 5.89. The third-order valence-electron chi connectivity index (χ3n) is 3.91. The molecule has 2 amide bonds. The highest BCUT2D eigenvalue weighted by atomic mass is 19.1. The molecule has 0 aliphatic carbocycles. The van der Waals surface area contributed by atoms with Crippen LogP contribution in [0.15, 0.2) is 42.5 Å². The predicted molar refractivity (Wildman–Crippen MR) is 94.0 cm³/mol.